The zero-order chi connectivity index (χ0) is 16.2. The zero-order valence-electron chi connectivity index (χ0n) is 12.5. The molecule has 0 unspecified atom stereocenters. The Morgan fingerprint density at radius 1 is 1.13 bits per heavy atom. The molecule has 0 radical (unpaired) electrons. The fourth-order valence-corrected chi connectivity index (χ4v) is 2.94. The molecule has 2 aromatic carbocycles. The van der Waals surface area contributed by atoms with Crippen molar-refractivity contribution in [3.63, 3.8) is 0 Å². The van der Waals surface area contributed by atoms with Crippen molar-refractivity contribution in [2.24, 2.45) is 0 Å². The van der Waals surface area contributed by atoms with Gasteiger partial charge in [-0.05, 0) is 24.3 Å². The smallest absolute Gasteiger partial charge is 0.259 e. The van der Waals surface area contributed by atoms with Crippen LogP contribution >= 0.6 is 11.8 Å². The Morgan fingerprint density at radius 3 is 2.61 bits per heavy atom. The molecule has 6 heteroatoms. The van der Waals surface area contributed by atoms with Gasteiger partial charge in [-0.1, -0.05) is 42.1 Å². The Hall–Kier alpha value is -2.60. The van der Waals surface area contributed by atoms with Crippen LogP contribution in [0, 0.1) is 0 Å². The number of carbonyl (C=O) groups excluding carboxylic acids is 1. The summed E-state index contributed by atoms with van der Waals surface area (Å²) in [4.78, 5) is 32.9. The summed E-state index contributed by atoms with van der Waals surface area (Å²) >= 11 is 1.22. The molecule has 3 aromatic rings. The van der Waals surface area contributed by atoms with Crippen LogP contribution in [-0.4, -0.2) is 28.7 Å². The lowest BCUT2D eigenvalue weighted by Crippen LogP contribution is -2.28. The van der Waals surface area contributed by atoms with Gasteiger partial charge in [-0.15, -0.1) is 0 Å². The average Bonchev–Trinajstić information content (AvgIpc) is 2.60. The highest BCUT2D eigenvalue weighted by Crippen LogP contribution is 2.17. The van der Waals surface area contributed by atoms with E-state index in [1.807, 2.05) is 36.4 Å². The highest BCUT2D eigenvalue weighted by molar-refractivity contribution is 7.99. The number of para-hydroxylation sites is 2. The summed E-state index contributed by atoms with van der Waals surface area (Å²) in [6.07, 6.45) is 0. The lowest BCUT2D eigenvalue weighted by atomic mass is 10.2. The molecule has 0 spiro atoms. The number of H-pyrrole nitrogens is 1. The van der Waals surface area contributed by atoms with Gasteiger partial charge in [0.05, 0.1) is 16.7 Å². The van der Waals surface area contributed by atoms with Crippen molar-refractivity contribution < 1.29 is 4.79 Å². The van der Waals surface area contributed by atoms with E-state index in [1.165, 1.54) is 11.8 Å². The van der Waals surface area contributed by atoms with Crippen LogP contribution in [0.1, 0.15) is 0 Å². The standard InChI is InChI=1S/C17H15N3O2S/c1-20(12-7-3-2-4-8-12)15(21)11-23-17-18-14-10-6-5-9-13(14)16(22)19-17/h2-10H,11H2,1H3,(H,18,19,22). The lowest BCUT2D eigenvalue weighted by molar-refractivity contribution is -0.115. The molecule has 0 aliphatic rings. The van der Waals surface area contributed by atoms with Crippen LogP contribution in [0.5, 0.6) is 0 Å². The Labute approximate surface area is 137 Å². The molecule has 5 nitrogen and oxygen atoms in total. The van der Waals surface area contributed by atoms with E-state index in [1.54, 1.807) is 30.1 Å². The number of nitrogens with zero attached hydrogens (tertiary/aromatic N) is 2. The molecule has 1 heterocycles. The molecule has 0 bridgehead atoms. The molecule has 1 aromatic heterocycles. The maximum Gasteiger partial charge on any atom is 0.259 e. The van der Waals surface area contributed by atoms with E-state index < -0.39 is 0 Å². The summed E-state index contributed by atoms with van der Waals surface area (Å²) in [5.41, 5.74) is 1.27. The van der Waals surface area contributed by atoms with Crippen LogP contribution in [0.25, 0.3) is 10.9 Å². The molecule has 1 amide bonds. The number of nitrogens with one attached hydrogen (secondary N) is 1. The van der Waals surface area contributed by atoms with E-state index in [-0.39, 0.29) is 17.2 Å². The zero-order valence-corrected chi connectivity index (χ0v) is 13.3. The molecular formula is C17H15N3O2S. The summed E-state index contributed by atoms with van der Waals surface area (Å²) in [6, 6.07) is 16.6. The van der Waals surface area contributed by atoms with Gasteiger partial charge in [-0.25, -0.2) is 4.98 Å². The minimum Gasteiger partial charge on any atom is -0.315 e. The predicted octanol–water partition coefficient (Wildman–Crippen LogP) is 2.68. The highest BCUT2D eigenvalue weighted by Gasteiger charge is 2.12. The normalized spacial score (nSPS) is 10.7. The molecular weight excluding hydrogens is 310 g/mol. The third-order valence-corrected chi connectivity index (χ3v) is 4.30. The van der Waals surface area contributed by atoms with Gasteiger partial charge in [0.15, 0.2) is 5.16 Å². The Bertz CT molecular complexity index is 893. The molecule has 0 aliphatic carbocycles. The second-order valence-corrected chi connectivity index (χ2v) is 5.93. The first-order valence-electron chi connectivity index (χ1n) is 7.08. The summed E-state index contributed by atoms with van der Waals surface area (Å²) in [5, 5.41) is 0.994. The molecule has 0 atom stereocenters. The number of thioether (sulfide) groups is 1. The fourth-order valence-electron chi connectivity index (χ4n) is 2.16. The largest absolute Gasteiger partial charge is 0.315 e. The number of anilines is 1. The topological polar surface area (TPSA) is 66.1 Å². The SMILES string of the molecule is CN(C(=O)CSc1nc2ccccc2c(=O)[nH]1)c1ccccc1. The van der Waals surface area contributed by atoms with Crippen LogP contribution in [0.3, 0.4) is 0 Å². The molecule has 3 rings (SSSR count). The second kappa shape index (κ2) is 6.66. The highest BCUT2D eigenvalue weighted by atomic mass is 32.2. The number of benzene rings is 2. The molecule has 116 valence electrons. The maximum atomic E-state index is 12.3. The fraction of sp³-hybridized carbons (Fsp3) is 0.118. The molecule has 1 N–H and O–H groups in total. The van der Waals surface area contributed by atoms with Crippen LogP contribution in [0.2, 0.25) is 0 Å². The van der Waals surface area contributed by atoms with Crippen molar-refractivity contribution in [1.29, 1.82) is 0 Å². The monoisotopic (exact) mass is 325 g/mol. The number of hydrogen-bond donors (Lipinski definition) is 1. The van der Waals surface area contributed by atoms with Crippen molar-refractivity contribution in [3.8, 4) is 0 Å². The van der Waals surface area contributed by atoms with Gasteiger partial charge in [-0.2, -0.15) is 0 Å². The first-order valence-corrected chi connectivity index (χ1v) is 8.07. The number of amides is 1. The third kappa shape index (κ3) is 3.43. The van der Waals surface area contributed by atoms with E-state index >= 15 is 0 Å². The first-order chi connectivity index (χ1) is 11.1. The number of aromatic amines is 1. The number of carbonyl (C=O) groups is 1. The Kier molecular flexibility index (Phi) is 4.43. The summed E-state index contributed by atoms with van der Waals surface area (Å²) < 4.78 is 0. The van der Waals surface area contributed by atoms with Crippen molar-refractivity contribution in [1.82, 2.24) is 9.97 Å². The number of rotatable bonds is 4. The van der Waals surface area contributed by atoms with E-state index in [0.717, 1.165) is 5.69 Å². The Balaban J connectivity index is 1.73. The molecule has 0 saturated carbocycles. The van der Waals surface area contributed by atoms with E-state index in [0.29, 0.717) is 16.1 Å². The first kappa shape index (κ1) is 15.3. The van der Waals surface area contributed by atoms with Crippen molar-refractivity contribution in [2.45, 2.75) is 5.16 Å². The van der Waals surface area contributed by atoms with Crippen molar-refractivity contribution >= 4 is 34.3 Å². The lowest BCUT2D eigenvalue weighted by Gasteiger charge is -2.16. The summed E-state index contributed by atoms with van der Waals surface area (Å²) in [7, 11) is 1.73. The van der Waals surface area contributed by atoms with Gasteiger partial charge in [0, 0.05) is 12.7 Å². The van der Waals surface area contributed by atoms with Crippen molar-refractivity contribution in [2.75, 3.05) is 17.7 Å². The molecule has 0 fully saturated rings. The van der Waals surface area contributed by atoms with Gasteiger partial charge < -0.3 is 9.88 Å². The number of fused-ring (bicyclic) bond motifs is 1. The van der Waals surface area contributed by atoms with Gasteiger partial charge in [0.25, 0.3) is 5.56 Å². The Morgan fingerprint density at radius 2 is 1.83 bits per heavy atom. The number of hydrogen-bond acceptors (Lipinski definition) is 4. The third-order valence-electron chi connectivity index (χ3n) is 3.44. The van der Waals surface area contributed by atoms with Crippen molar-refractivity contribution in [3.05, 3.63) is 65.0 Å². The predicted molar refractivity (Wildman–Crippen MR) is 92.9 cm³/mol. The van der Waals surface area contributed by atoms with Crippen LogP contribution < -0.4 is 10.5 Å². The van der Waals surface area contributed by atoms with Crippen LogP contribution in [0.4, 0.5) is 5.69 Å². The van der Waals surface area contributed by atoms with Gasteiger partial charge in [0.2, 0.25) is 5.91 Å². The van der Waals surface area contributed by atoms with E-state index in [2.05, 4.69) is 9.97 Å². The summed E-state index contributed by atoms with van der Waals surface area (Å²) in [6.45, 7) is 0. The minimum absolute atomic E-state index is 0.0583. The van der Waals surface area contributed by atoms with E-state index in [4.69, 9.17) is 0 Å². The van der Waals surface area contributed by atoms with E-state index in [9.17, 15) is 9.59 Å². The average molecular weight is 325 g/mol. The van der Waals surface area contributed by atoms with Gasteiger partial charge >= 0.3 is 0 Å². The van der Waals surface area contributed by atoms with Gasteiger partial charge in [-0.3, -0.25) is 9.59 Å². The summed E-state index contributed by atoms with van der Waals surface area (Å²) in [5.74, 6) is 0.143. The molecule has 0 aliphatic heterocycles. The molecule has 23 heavy (non-hydrogen) atoms. The number of aromatic nitrogens is 2. The molecule has 0 saturated heterocycles. The van der Waals surface area contributed by atoms with Crippen LogP contribution in [-0.2, 0) is 4.79 Å². The minimum atomic E-state index is -0.193. The second-order valence-electron chi connectivity index (χ2n) is 4.97. The van der Waals surface area contributed by atoms with Crippen LogP contribution in [0.15, 0.2) is 64.5 Å². The quantitative estimate of drug-likeness (QED) is 0.591. The maximum absolute atomic E-state index is 12.3. The van der Waals surface area contributed by atoms with Gasteiger partial charge in [0.1, 0.15) is 0 Å².